The molecule has 9 heteroatoms. The summed E-state index contributed by atoms with van der Waals surface area (Å²) in [6.07, 6.45) is 0. The van der Waals surface area contributed by atoms with E-state index in [2.05, 4.69) is 41.1 Å². The summed E-state index contributed by atoms with van der Waals surface area (Å²) in [5, 5.41) is 9.50. The third kappa shape index (κ3) is 3.45. The first-order valence-electron chi connectivity index (χ1n) is 9.06. The fourth-order valence-electron chi connectivity index (χ4n) is 3.35. The molecule has 1 aliphatic heterocycles. The van der Waals surface area contributed by atoms with Crippen molar-refractivity contribution in [3.8, 4) is 11.5 Å². The minimum atomic E-state index is -3.53. The van der Waals surface area contributed by atoms with Gasteiger partial charge in [-0.05, 0) is 37.1 Å². The summed E-state index contributed by atoms with van der Waals surface area (Å²) in [5.74, 6) is 0.795. The molecule has 0 amide bonds. The topological polar surface area (TPSA) is 79.5 Å². The number of aromatic nitrogens is 2. The van der Waals surface area contributed by atoms with Crippen LogP contribution < -0.4 is 4.90 Å². The van der Waals surface area contributed by atoms with Gasteiger partial charge in [-0.25, -0.2) is 8.42 Å². The van der Waals surface area contributed by atoms with Crippen molar-refractivity contribution in [2.45, 2.75) is 25.0 Å². The van der Waals surface area contributed by atoms with Crippen molar-refractivity contribution in [2.24, 2.45) is 0 Å². The molecule has 0 unspecified atom stereocenters. The SMILES string of the molecule is Cc1nnc(-c2csc(S(=O)(=O)N3CCN(c4cccc(C)c4C)CC3)c2)o1. The molecule has 0 bridgehead atoms. The van der Waals surface area contributed by atoms with Gasteiger partial charge in [0.15, 0.2) is 0 Å². The van der Waals surface area contributed by atoms with Crippen LogP contribution in [0.4, 0.5) is 5.69 Å². The van der Waals surface area contributed by atoms with Crippen molar-refractivity contribution in [1.82, 2.24) is 14.5 Å². The lowest BCUT2D eigenvalue weighted by molar-refractivity contribution is 0.385. The van der Waals surface area contributed by atoms with Gasteiger partial charge in [0.25, 0.3) is 10.0 Å². The van der Waals surface area contributed by atoms with Gasteiger partial charge >= 0.3 is 0 Å². The summed E-state index contributed by atoms with van der Waals surface area (Å²) >= 11 is 1.18. The molecule has 1 saturated heterocycles. The molecular formula is C19H22N4O3S2. The smallest absolute Gasteiger partial charge is 0.252 e. The lowest BCUT2D eigenvalue weighted by atomic mass is 10.1. The Morgan fingerprint density at radius 3 is 2.50 bits per heavy atom. The van der Waals surface area contributed by atoms with E-state index in [1.54, 1.807) is 22.7 Å². The number of hydrogen-bond donors (Lipinski definition) is 0. The standard InChI is InChI=1S/C19H22N4O3S2/c1-13-5-4-6-17(14(13)2)22-7-9-23(10-8-22)28(24,25)18-11-16(12-27-18)19-21-20-15(3)26-19/h4-6,11-12H,7-10H2,1-3H3. The van der Waals surface area contributed by atoms with E-state index >= 15 is 0 Å². The van der Waals surface area contributed by atoms with Crippen LogP contribution in [0.5, 0.6) is 0 Å². The first-order valence-corrected chi connectivity index (χ1v) is 11.4. The van der Waals surface area contributed by atoms with E-state index in [4.69, 9.17) is 4.42 Å². The number of hydrogen-bond acceptors (Lipinski definition) is 7. The van der Waals surface area contributed by atoms with Gasteiger partial charge < -0.3 is 9.32 Å². The molecule has 0 radical (unpaired) electrons. The van der Waals surface area contributed by atoms with E-state index in [9.17, 15) is 8.42 Å². The van der Waals surface area contributed by atoms with E-state index in [0.29, 0.717) is 47.7 Å². The Hall–Kier alpha value is -2.23. The summed E-state index contributed by atoms with van der Waals surface area (Å²) in [5.41, 5.74) is 4.31. The molecular weight excluding hydrogens is 396 g/mol. The number of nitrogens with zero attached hydrogens (tertiary/aromatic N) is 4. The first kappa shape index (κ1) is 19.1. The minimum absolute atomic E-state index is 0.304. The maximum absolute atomic E-state index is 13.1. The predicted octanol–water partition coefficient (Wildman–Crippen LogP) is 3.23. The Bertz CT molecular complexity index is 1100. The summed E-state index contributed by atoms with van der Waals surface area (Å²) in [4.78, 5) is 2.26. The Kier molecular flexibility index (Phi) is 4.98. The van der Waals surface area contributed by atoms with Crippen LogP contribution in [-0.4, -0.2) is 49.1 Å². The number of aryl methyl sites for hydroxylation is 2. The van der Waals surface area contributed by atoms with Crippen molar-refractivity contribution < 1.29 is 12.8 Å². The lowest BCUT2D eigenvalue weighted by Crippen LogP contribution is -2.48. The first-order chi connectivity index (χ1) is 13.4. The van der Waals surface area contributed by atoms with Crippen LogP contribution in [0, 0.1) is 20.8 Å². The van der Waals surface area contributed by atoms with Gasteiger partial charge in [0.1, 0.15) is 4.21 Å². The normalized spacial score (nSPS) is 15.9. The fourth-order valence-corrected chi connectivity index (χ4v) is 6.08. The molecule has 3 heterocycles. The van der Waals surface area contributed by atoms with Crippen molar-refractivity contribution in [1.29, 1.82) is 0 Å². The van der Waals surface area contributed by atoms with Gasteiger partial charge in [-0.15, -0.1) is 21.5 Å². The summed E-state index contributed by atoms with van der Waals surface area (Å²) < 4.78 is 33.4. The molecule has 28 heavy (non-hydrogen) atoms. The minimum Gasteiger partial charge on any atom is -0.421 e. The maximum Gasteiger partial charge on any atom is 0.252 e. The summed E-state index contributed by atoms with van der Waals surface area (Å²) in [7, 11) is -3.53. The van der Waals surface area contributed by atoms with Crippen LogP contribution in [-0.2, 0) is 10.0 Å². The molecule has 4 rings (SSSR count). The second kappa shape index (κ2) is 7.31. The molecule has 1 aromatic carbocycles. The Labute approximate surface area is 168 Å². The van der Waals surface area contributed by atoms with Gasteiger partial charge in [0.2, 0.25) is 11.8 Å². The molecule has 0 saturated carbocycles. The Morgan fingerprint density at radius 1 is 1.07 bits per heavy atom. The van der Waals surface area contributed by atoms with E-state index in [-0.39, 0.29) is 0 Å². The van der Waals surface area contributed by atoms with Crippen LogP contribution in [0.1, 0.15) is 17.0 Å². The highest BCUT2D eigenvalue weighted by Gasteiger charge is 2.30. The molecule has 0 spiro atoms. The maximum atomic E-state index is 13.1. The molecule has 1 aliphatic rings. The predicted molar refractivity (Wildman–Crippen MR) is 109 cm³/mol. The number of anilines is 1. The van der Waals surface area contributed by atoms with Gasteiger partial charge in [0.05, 0.1) is 5.56 Å². The van der Waals surface area contributed by atoms with Crippen LogP contribution in [0.3, 0.4) is 0 Å². The number of thiophene rings is 1. The largest absolute Gasteiger partial charge is 0.421 e. The molecule has 2 aromatic heterocycles. The Balaban J connectivity index is 1.49. The highest BCUT2D eigenvalue weighted by molar-refractivity contribution is 7.91. The van der Waals surface area contributed by atoms with Crippen LogP contribution in [0.2, 0.25) is 0 Å². The molecule has 0 aliphatic carbocycles. The van der Waals surface area contributed by atoms with Gasteiger partial charge in [0, 0.05) is 44.2 Å². The van der Waals surface area contributed by atoms with Crippen LogP contribution in [0.25, 0.3) is 11.5 Å². The van der Waals surface area contributed by atoms with Crippen molar-refractivity contribution in [2.75, 3.05) is 31.1 Å². The second-order valence-corrected chi connectivity index (χ2v) is 9.97. The Morgan fingerprint density at radius 2 is 1.82 bits per heavy atom. The van der Waals surface area contributed by atoms with Crippen LogP contribution in [0.15, 0.2) is 38.3 Å². The van der Waals surface area contributed by atoms with E-state index < -0.39 is 10.0 Å². The quantitative estimate of drug-likeness (QED) is 0.647. The molecule has 3 aromatic rings. The van der Waals surface area contributed by atoms with E-state index in [1.165, 1.54) is 28.2 Å². The summed E-state index contributed by atoms with van der Waals surface area (Å²) in [6, 6.07) is 7.86. The zero-order valence-corrected chi connectivity index (χ0v) is 17.7. The molecule has 7 nitrogen and oxygen atoms in total. The van der Waals surface area contributed by atoms with Crippen LogP contribution >= 0.6 is 11.3 Å². The third-order valence-corrected chi connectivity index (χ3v) is 8.41. The molecule has 1 fully saturated rings. The fraction of sp³-hybridized carbons (Fsp3) is 0.368. The lowest BCUT2D eigenvalue weighted by Gasteiger charge is -2.36. The molecule has 148 valence electrons. The highest BCUT2D eigenvalue weighted by atomic mass is 32.2. The number of benzene rings is 1. The number of piperazine rings is 1. The van der Waals surface area contributed by atoms with E-state index in [0.717, 1.165) is 0 Å². The zero-order valence-electron chi connectivity index (χ0n) is 16.0. The van der Waals surface area contributed by atoms with E-state index in [1.807, 2.05) is 6.07 Å². The zero-order chi connectivity index (χ0) is 19.9. The monoisotopic (exact) mass is 418 g/mol. The second-order valence-electron chi connectivity index (χ2n) is 6.89. The average Bonchev–Trinajstić information content (AvgIpc) is 3.33. The van der Waals surface area contributed by atoms with Crippen molar-refractivity contribution >= 4 is 27.0 Å². The van der Waals surface area contributed by atoms with Gasteiger partial charge in [-0.2, -0.15) is 4.31 Å². The number of rotatable bonds is 4. The van der Waals surface area contributed by atoms with Crippen molar-refractivity contribution in [3.05, 3.63) is 46.7 Å². The highest BCUT2D eigenvalue weighted by Crippen LogP contribution is 2.31. The van der Waals surface area contributed by atoms with Crippen molar-refractivity contribution in [3.63, 3.8) is 0 Å². The van der Waals surface area contributed by atoms with Gasteiger partial charge in [-0.3, -0.25) is 0 Å². The third-order valence-electron chi connectivity index (χ3n) is 5.10. The summed E-state index contributed by atoms with van der Waals surface area (Å²) in [6.45, 7) is 8.18. The number of sulfonamides is 1. The average molecular weight is 419 g/mol. The molecule has 0 N–H and O–H groups in total. The van der Waals surface area contributed by atoms with Gasteiger partial charge in [-0.1, -0.05) is 12.1 Å². The molecule has 0 atom stereocenters.